The van der Waals surface area contributed by atoms with Crippen molar-refractivity contribution in [2.75, 3.05) is 31.1 Å². The summed E-state index contributed by atoms with van der Waals surface area (Å²) in [4.78, 5) is 35.1. The molecule has 4 aromatic rings. The average Bonchev–Trinajstić information content (AvgIpc) is 3.22. The molecule has 174 valence electrons. The number of nitrogens with zero attached hydrogens (tertiary/aromatic N) is 6. The van der Waals surface area contributed by atoms with E-state index in [1.54, 1.807) is 16.6 Å². The molecule has 0 aliphatic carbocycles. The molecule has 8 nitrogen and oxygen atoms in total. The summed E-state index contributed by atoms with van der Waals surface area (Å²) in [5.74, 6) is -0.197. The highest BCUT2D eigenvalue weighted by Gasteiger charge is 2.29. The highest BCUT2D eigenvalue weighted by molar-refractivity contribution is 6.03. The number of aryl methyl sites for hydroxylation is 4. The minimum absolute atomic E-state index is 0.197. The molecule has 0 atom stereocenters. The van der Waals surface area contributed by atoms with Crippen LogP contribution in [0.15, 0.2) is 53.6 Å². The maximum absolute atomic E-state index is 13.5. The molecule has 8 heteroatoms. The second kappa shape index (κ2) is 8.44. The number of fused-ring (bicyclic) bond motifs is 1. The summed E-state index contributed by atoms with van der Waals surface area (Å²) in [6, 6.07) is 14.2. The van der Waals surface area contributed by atoms with Gasteiger partial charge in [-0.1, -0.05) is 35.4 Å². The van der Waals surface area contributed by atoms with E-state index >= 15 is 0 Å². The molecule has 3 heterocycles. The average molecular weight is 457 g/mol. The van der Waals surface area contributed by atoms with Gasteiger partial charge in [0.25, 0.3) is 11.5 Å². The van der Waals surface area contributed by atoms with E-state index in [1.807, 2.05) is 31.2 Å². The van der Waals surface area contributed by atoms with Gasteiger partial charge in [-0.2, -0.15) is 5.10 Å². The monoisotopic (exact) mass is 456 g/mol. The Morgan fingerprint density at radius 2 is 1.59 bits per heavy atom. The number of carbonyl (C=O) groups excluding carboxylic acids is 1. The first-order valence-electron chi connectivity index (χ1n) is 11.5. The van der Waals surface area contributed by atoms with Crippen molar-refractivity contribution in [3.05, 3.63) is 81.5 Å². The molecular weight excluding hydrogens is 428 g/mol. The van der Waals surface area contributed by atoms with Crippen molar-refractivity contribution in [3.63, 3.8) is 0 Å². The largest absolute Gasteiger partial charge is 0.368 e. The van der Waals surface area contributed by atoms with Crippen LogP contribution in [0, 0.1) is 20.8 Å². The van der Waals surface area contributed by atoms with Gasteiger partial charge in [-0.25, -0.2) is 9.67 Å². The predicted molar refractivity (Wildman–Crippen MR) is 133 cm³/mol. The maximum atomic E-state index is 13.5. The molecule has 0 saturated carbocycles. The molecule has 1 aliphatic heterocycles. The number of aromatic nitrogens is 4. The van der Waals surface area contributed by atoms with Crippen LogP contribution in [0.3, 0.4) is 0 Å². The van der Waals surface area contributed by atoms with Crippen molar-refractivity contribution in [3.8, 4) is 5.69 Å². The first kappa shape index (κ1) is 21.9. The lowest BCUT2D eigenvalue weighted by Crippen LogP contribution is -2.49. The molecule has 5 rings (SSSR count). The minimum Gasteiger partial charge on any atom is -0.368 e. The second-order valence-corrected chi connectivity index (χ2v) is 9.02. The Kier molecular flexibility index (Phi) is 5.43. The highest BCUT2D eigenvalue weighted by Crippen LogP contribution is 2.24. The van der Waals surface area contributed by atoms with E-state index in [9.17, 15) is 9.59 Å². The van der Waals surface area contributed by atoms with Crippen LogP contribution in [0.2, 0.25) is 0 Å². The first-order chi connectivity index (χ1) is 16.3. The van der Waals surface area contributed by atoms with Crippen molar-refractivity contribution in [2.24, 2.45) is 7.05 Å². The van der Waals surface area contributed by atoms with Crippen LogP contribution in [0.1, 0.15) is 27.2 Å². The van der Waals surface area contributed by atoms with Gasteiger partial charge in [-0.05, 0) is 44.5 Å². The van der Waals surface area contributed by atoms with Crippen LogP contribution >= 0.6 is 0 Å². The summed E-state index contributed by atoms with van der Waals surface area (Å²) in [5, 5.41) is 4.60. The summed E-state index contributed by atoms with van der Waals surface area (Å²) >= 11 is 0. The SMILES string of the molecule is Cc1ccc(-n2nc(C(=O)N3CCN(c4ccc(C)cc4C)CC3)c3ncn(C)c(=O)c32)cc1. The van der Waals surface area contributed by atoms with Crippen molar-refractivity contribution in [1.82, 2.24) is 24.2 Å². The van der Waals surface area contributed by atoms with Crippen LogP contribution in [-0.4, -0.2) is 56.3 Å². The van der Waals surface area contributed by atoms with E-state index in [0.717, 1.165) is 24.3 Å². The molecule has 34 heavy (non-hydrogen) atoms. The van der Waals surface area contributed by atoms with E-state index in [0.29, 0.717) is 24.1 Å². The lowest BCUT2D eigenvalue weighted by atomic mass is 10.1. The molecular formula is C26H28N6O2. The van der Waals surface area contributed by atoms with Crippen molar-refractivity contribution in [2.45, 2.75) is 20.8 Å². The van der Waals surface area contributed by atoms with Crippen LogP contribution in [0.25, 0.3) is 16.7 Å². The molecule has 1 aliphatic rings. The molecule has 0 unspecified atom stereocenters. The molecule has 1 fully saturated rings. The Balaban J connectivity index is 1.47. The number of amides is 1. The smallest absolute Gasteiger partial charge is 0.279 e. The number of rotatable bonds is 3. The Morgan fingerprint density at radius 1 is 0.912 bits per heavy atom. The first-order valence-corrected chi connectivity index (χ1v) is 11.5. The van der Waals surface area contributed by atoms with Gasteiger partial charge in [0.15, 0.2) is 11.2 Å². The van der Waals surface area contributed by atoms with Gasteiger partial charge < -0.3 is 14.4 Å². The van der Waals surface area contributed by atoms with E-state index in [4.69, 9.17) is 0 Å². The van der Waals surface area contributed by atoms with Crippen LogP contribution in [0.5, 0.6) is 0 Å². The summed E-state index contributed by atoms with van der Waals surface area (Å²) in [5.41, 5.74) is 6.13. The second-order valence-electron chi connectivity index (χ2n) is 9.02. The van der Waals surface area contributed by atoms with Gasteiger partial charge in [0.1, 0.15) is 5.52 Å². The van der Waals surface area contributed by atoms with Gasteiger partial charge in [-0.3, -0.25) is 9.59 Å². The van der Waals surface area contributed by atoms with Crippen LogP contribution in [0.4, 0.5) is 5.69 Å². The third kappa shape index (κ3) is 3.75. The Hall–Kier alpha value is -3.94. The van der Waals surface area contributed by atoms with Crippen molar-refractivity contribution < 1.29 is 4.79 Å². The molecule has 2 aromatic heterocycles. The Bertz CT molecular complexity index is 1440. The van der Waals surface area contributed by atoms with Gasteiger partial charge in [0.05, 0.1) is 12.0 Å². The number of hydrogen-bond acceptors (Lipinski definition) is 5. The number of benzene rings is 2. The van der Waals surface area contributed by atoms with E-state index in [-0.39, 0.29) is 17.2 Å². The third-order valence-electron chi connectivity index (χ3n) is 6.48. The fourth-order valence-electron chi connectivity index (χ4n) is 4.57. The fourth-order valence-corrected chi connectivity index (χ4v) is 4.57. The zero-order valence-corrected chi connectivity index (χ0v) is 19.9. The van der Waals surface area contributed by atoms with Gasteiger partial charge in [0.2, 0.25) is 0 Å². The maximum Gasteiger partial charge on any atom is 0.279 e. The lowest BCUT2D eigenvalue weighted by Gasteiger charge is -2.36. The molecule has 0 radical (unpaired) electrons. The summed E-state index contributed by atoms with van der Waals surface area (Å²) < 4.78 is 2.95. The molecule has 0 bridgehead atoms. The zero-order valence-electron chi connectivity index (χ0n) is 19.9. The van der Waals surface area contributed by atoms with Crippen molar-refractivity contribution in [1.29, 1.82) is 0 Å². The Morgan fingerprint density at radius 3 is 2.26 bits per heavy atom. The molecule has 1 saturated heterocycles. The van der Waals surface area contributed by atoms with E-state index in [1.165, 1.54) is 27.7 Å². The fraction of sp³-hybridized carbons (Fsp3) is 0.308. The molecule has 0 spiro atoms. The zero-order chi connectivity index (χ0) is 24.0. The number of anilines is 1. The van der Waals surface area contributed by atoms with Gasteiger partial charge in [-0.15, -0.1) is 0 Å². The van der Waals surface area contributed by atoms with Crippen LogP contribution in [-0.2, 0) is 7.05 Å². The number of piperazine rings is 1. The van der Waals surface area contributed by atoms with Gasteiger partial charge in [0, 0.05) is 38.9 Å². The summed E-state index contributed by atoms with van der Waals surface area (Å²) in [6.45, 7) is 8.84. The molecule has 0 N–H and O–H groups in total. The third-order valence-corrected chi connectivity index (χ3v) is 6.48. The standard InChI is InChI=1S/C26H28N6O2/c1-17-5-8-20(9-6-17)32-24-22(27-16-29(4)26(24)34)23(28-32)25(33)31-13-11-30(12-14-31)21-10-7-18(2)15-19(21)3/h5-10,15-16H,11-14H2,1-4H3. The summed E-state index contributed by atoms with van der Waals surface area (Å²) in [6.07, 6.45) is 1.45. The highest BCUT2D eigenvalue weighted by atomic mass is 16.2. The number of carbonyl (C=O) groups is 1. The normalized spacial score (nSPS) is 14.1. The van der Waals surface area contributed by atoms with Gasteiger partial charge >= 0.3 is 0 Å². The van der Waals surface area contributed by atoms with Crippen LogP contribution < -0.4 is 10.5 Å². The molecule has 1 amide bonds. The van der Waals surface area contributed by atoms with E-state index < -0.39 is 0 Å². The molecule has 2 aromatic carbocycles. The topological polar surface area (TPSA) is 76.3 Å². The number of hydrogen-bond donors (Lipinski definition) is 0. The minimum atomic E-state index is -0.239. The summed E-state index contributed by atoms with van der Waals surface area (Å²) in [7, 11) is 1.65. The predicted octanol–water partition coefficient (Wildman–Crippen LogP) is 3.01. The Labute approximate surface area is 198 Å². The van der Waals surface area contributed by atoms with E-state index in [2.05, 4.69) is 47.0 Å². The lowest BCUT2D eigenvalue weighted by molar-refractivity contribution is 0.0742. The quantitative estimate of drug-likeness (QED) is 0.474. The van der Waals surface area contributed by atoms with Crippen molar-refractivity contribution >= 4 is 22.6 Å².